The minimum atomic E-state index is -0.135. The Bertz CT molecular complexity index is 2170. The molecule has 0 spiro atoms. The molecule has 298 valence electrons. The molecule has 0 aliphatic rings. The number of rotatable bonds is 15. The molecule has 7 rings (SSSR count). The number of imidazole rings is 3. The van der Waals surface area contributed by atoms with Crippen molar-refractivity contribution in [3.05, 3.63) is 178 Å². The van der Waals surface area contributed by atoms with Crippen molar-refractivity contribution < 1.29 is 13.9 Å². The zero-order valence-electron chi connectivity index (χ0n) is 34.3. The van der Waals surface area contributed by atoms with E-state index in [0.29, 0.717) is 13.0 Å². The molecule has 57 heavy (non-hydrogen) atoms. The van der Waals surface area contributed by atoms with Crippen LogP contribution in [0.4, 0.5) is 4.39 Å². The number of aryl methyl sites for hydroxylation is 4. The highest BCUT2D eigenvalue weighted by Crippen LogP contribution is 2.30. The molecule has 7 aromatic rings. The van der Waals surface area contributed by atoms with Crippen molar-refractivity contribution in [1.82, 2.24) is 29.9 Å². The lowest BCUT2D eigenvalue weighted by atomic mass is 9.93. The summed E-state index contributed by atoms with van der Waals surface area (Å²) in [7, 11) is 0. The van der Waals surface area contributed by atoms with E-state index in [2.05, 4.69) is 81.9 Å². The van der Waals surface area contributed by atoms with Crippen molar-refractivity contribution in [3.63, 3.8) is 0 Å². The Morgan fingerprint density at radius 3 is 1.51 bits per heavy atom. The molecule has 0 fully saturated rings. The summed E-state index contributed by atoms with van der Waals surface area (Å²) in [6.07, 6.45) is 17.8. The zero-order valence-corrected chi connectivity index (χ0v) is 34.3. The summed E-state index contributed by atoms with van der Waals surface area (Å²) in [4.78, 5) is 21.5. The van der Waals surface area contributed by atoms with Crippen molar-refractivity contribution >= 4 is 0 Å². The molecule has 0 saturated carbocycles. The van der Waals surface area contributed by atoms with Gasteiger partial charge in [0.25, 0.3) is 0 Å². The van der Waals surface area contributed by atoms with Gasteiger partial charge >= 0.3 is 0 Å². The van der Waals surface area contributed by atoms with Crippen LogP contribution in [-0.2, 0) is 51.4 Å². The predicted molar refractivity (Wildman–Crippen MR) is 228 cm³/mol. The van der Waals surface area contributed by atoms with E-state index in [-0.39, 0.29) is 5.82 Å². The first-order valence-corrected chi connectivity index (χ1v) is 20.2. The lowest BCUT2D eigenvalue weighted by molar-refractivity contribution is 0.336. The molecule has 0 amide bonds. The van der Waals surface area contributed by atoms with Gasteiger partial charge in [-0.2, -0.15) is 0 Å². The number of ether oxygens (including phenoxy) is 2. The summed E-state index contributed by atoms with van der Waals surface area (Å²) >= 11 is 0. The number of aromatic nitrogens is 6. The van der Waals surface area contributed by atoms with E-state index in [1.807, 2.05) is 62.6 Å². The second-order valence-corrected chi connectivity index (χ2v) is 13.7. The summed E-state index contributed by atoms with van der Waals surface area (Å²) in [5, 5.41) is 0. The summed E-state index contributed by atoms with van der Waals surface area (Å²) in [5.74, 6) is 2.68. The number of benzene rings is 4. The SMILES string of the molecule is CCOc1ccc(CC)c(Cc2cnc[nH]2)c1CC.CCc1cc(Oc2ccccc2)cc(CC)c1Cc1cnc[nH]1.CCc1cccc(F)c1Cc1cnc[nH]1. The molecule has 4 aromatic carbocycles. The van der Waals surface area contributed by atoms with Crippen LogP contribution < -0.4 is 9.47 Å². The zero-order chi connectivity index (χ0) is 40.4. The monoisotopic (exact) mass is 768 g/mol. The molecule has 0 unspecified atom stereocenters. The quantitative estimate of drug-likeness (QED) is 0.0963. The fourth-order valence-corrected chi connectivity index (χ4v) is 7.10. The Hall–Kier alpha value is -5.96. The highest BCUT2D eigenvalue weighted by molar-refractivity contribution is 5.47. The Morgan fingerprint density at radius 2 is 1.02 bits per heavy atom. The summed E-state index contributed by atoms with van der Waals surface area (Å²) in [6.45, 7) is 13.5. The molecule has 0 aliphatic heterocycles. The second kappa shape index (κ2) is 22.0. The first kappa shape index (κ1) is 42.2. The maximum absolute atomic E-state index is 13.6. The number of halogens is 1. The van der Waals surface area contributed by atoms with Gasteiger partial charge in [-0.3, -0.25) is 0 Å². The average molecular weight is 769 g/mol. The number of nitrogens with one attached hydrogen (secondary N) is 3. The van der Waals surface area contributed by atoms with E-state index in [9.17, 15) is 4.39 Å². The fourth-order valence-electron chi connectivity index (χ4n) is 7.10. The fraction of sp³-hybridized carbons (Fsp3) is 0.312. The number of hydrogen-bond acceptors (Lipinski definition) is 5. The van der Waals surface area contributed by atoms with E-state index in [4.69, 9.17) is 9.47 Å². The van der Waals surface area contributed by atoms with Gasteiger partial charge in [0.2, 0.25) is 0 Å². The molecule has 0 saturated heterocycles. The second-order valence-electron chi connectivity index (χ2n) is 13.7. The van der Waals surface area contributed by atoms with Crippen LogP contribution in [0.2, 0.25) is 0 Å². The first-order valence-electron chi connectivity index (χ1n) is 20.2. The minimum absolute atomic E-state index is 0.135. The van der Waals surface area contributed by atoms with Gasteiger partial charge in [-0.05, 0) is 120 Å². The molecular weight excluding hydrogens is 712 g/mol. The van der Waals surface area contributed by atoms with Gasteiger partial charge in [0, 0.05) is 54.9 Å². The number of H-pyrrole nitrogens is 3. The lowest BCUT2D eigenvalue weighted by Crippen LogP contribution is -2.05. The van der Waals surface area contributed by atoms with E-state index in [1.54, 1.807) is 31.2 Å². The first-order chi connectivity index (χ1) is 27.9. The number of nitrogens with zero attached hydrogens (tertiary/aromatic N) is 3. The maximum Gasteiger partial charge on any atom is 0.127 e. The largest absolute Gasteiger partial charge is 0.494 e. The topological polar surface area (TPSA) is 104 Å². The normalized spacial score (nSPS) is 10.6. The molecule has 8 nitrogen and oxygen atoms in total. The predicted octanol–water partition coefficient (Wildman–Crippen LogP) is 11.1. The number of aromatic amines is 3. The summed E-state index contributed by atoms with van der Waals surface area (Å²) in [5.41, 5.74) is 13.2. The smallest absolute Gasteiger partial charge is 0.127 e. The lowest BCUT2D eigenvalue weighted by Gasteiger charge is -2.17. The van der Waals surface area contributed by atoms with Gasteiger partial charge in [0.1, 0.15) is 23.1 Å². The molecule has 0 aliphatic carbocycles. The Balaban J connectivity index is 0.000000167. The van der Waals surface area contributed by atoms with Crippen molar-refractivity contribution in [2.75, 3.05) is 6.61 Å². The summed E-state index contributed by atoms with van der Waals surface area (Å²) < 4.78 is 25.4. The standard InChI is InChI=1S/C20H22N2O.C16H22N2O.C12H13FN2/c1-3-15-10-19(23-18-8-6-5-7-9-18)11-16(4-2)20(15)12-17-13-21-14-22-17;1-4-12-7-8-16(19-6-3)14(5-2)15(12)9-13-10-17-11-18-13;1-2-9-4-3-5-12(13)11(9)6-10-7-14-8-15-10/h5-11,13-14H,3-4,12H2,1-2H3,(H,21,22);7-8,10-11H,4-6,9H2,1-3H3,(H,17,18);3-5,7-8H,2,6H2,1H3,(H,14,15). The summed E-state index contributed by atoms with van der Waals surface area (Å²) in [6, 6.07) is 23.8. The van der Waals surface area contributed by atoms with Crippen LogP contribution >= 0.6 is 0 Å². The van der Waals surface area contributed by atoms with Crippen LogP contribution in [0.5, 0.6) is 17.2 Å². The van der Waals surface area contributed by atoms with Crippen molar-refractivity contribution in [1.29, 1.82) is 0 Å². The van der Waals surface area contributed by atoms with Gasteiger partial charge < -0.3 is 24.4 Å². The Morgan fingerprint density at radius 1 is 0.491 bits per heavy atom. The third kappa shape index (κ3) is 11.8. The van der Waals surface area contributed by atoms with Gasteiger partial charge in [0.05, 0.1) is 25.6 Å². The van der Waals surface area contributed by atoms with Crippen molar-refractivity contribution in [3.8, 4) is 17.2 Å². The Kier molecular flexibility index (Phi) is 16.2. The maximum atomic E-state index is 13.6. The molecule has 3 aromatic heterocycles. The van der Waals surface area contributed by atoms with Crippen LogP contribution in [-0.4, -0.2) is 36.5 Å². The highest BCUT2D eigenvalue weighted by Gasteiger charge is 2.14. The third-order valence-corrected chi connectivity index (χ3v) is 10.0. The molecule has 3 N–H and O–H groups in total. The van der Waals surface area contributed by atoms with E-state index < -0.39 is 0 Å². The number of para-hydroxylation sites is 1. The molecule has 9 heteroatoms. The van der Waals surface area contributed by atoms with E-state index in [0.717, 1.165) is 90.4 Å². The molecule has 0 bridgehead atoms. The molecule has 3 heterocycles. The Labute approximate surface area is 337 Å². The van der Waals surface area contributed by atoms with Crippen LogP contribution in [0.25, 0.3) is 0 Å². The van der Waals surface area contributed by atoms with Gasteiger partial charge in [-0.15, -0.1) is 0 Å². The van der Waals surface area contributed by atoms with Crippen LogP contribution in [0.1, 0.15) is 103 Å². The van der Waals surface area contributed by atoms with Gasteiger partial charge in [-0.1, -0.05) is 71.0 Å². The van der Waals surface area contributed by atoms with Gasteiger partial charge in [0.15, 0.2) is 0 Å². The highest BCUT2D eigenvalue weighted by atomic mass is 19.1. The molecule has 0 radical (unpaired) electrons. The van der Waals surface area contributed by atoms with Crippen LogP contribution in [0.3, 0.4) is 0 Å². The van der Waals surface area contributed by atoms with Gasteiger partial charge in [-0.25, -0.2) is 19.3 Å². The molecular formula is C48H57FN6O2. The van der Waals surface area contributed by atoms with Crippen molar-refractivity contribution in [2.24, 2.45) is 0 Å². The van der Waals surface area contributed by atoms with E-state index >= 15 is 0 Å². The van der Waals surface area contributed by atoms with E-state index in [1.165, 1.54) is 39.4 Å². The minimum Gasteiger partial charge on any atom is -0.494 e. The third-order valence-electron chi connectivity index (χ3n) is 10.0. The van der Waals surface area contributed by atoms with Crippen molar-refractivity contribution in [2.45, 2.75) is 92.9 Å². The average Bonchev–Trinajstić information content (AvgIpc) is 4.06. The van der Waals surface area contributed by atoms with Crippen LogP contribution in [0, 0.1) is 5.82 Å². The number of hydrogen-bond donors (Lipinski definition) is 3. The van der Waals surface area contributed by atoms with Crippen LogP contribution in [0.15, 0.2) is 110 Å². The molecule has 0 atom stereocenters.